The highest BCUT2D eigenvalue weighted by Crippen LogP contribution is 2.31. The minimum atomic E-state index is -0.880. The van der Waals surface area contributed by atoms with Crippen molar-refractivity contribution >= 4 is 33.2 Å². The Morgan fingerprint density at radius 3 is 3.06 bits per heavy atom. The van der Waals surface area contributed by atoms with E-state index in [0.717, 1.165) is 10.3 Å². The number of carboxylic acids is 1. The Balaban J connectivity index is 2.04. The molecule has 1 N–H and O–H groups in total. The molecular weight excluding hydrogens is 306 g/mol. The molecule has 4 nitrogen and oxygen atoms in total. The van der Waals surface area contributed by atoms with Crippen molar-refractivity contribution in [2.45, 2.75) is 19.1 Å². The molecule has 0 radical (unpaired) electrons. The molecule has 6 heteroatoms. The summed E-state index contributed by atoms with van der Waals surface area (Å²) in [5.41, 5.74) is 0. The first kappa shape index (κ1) is 13.0. The van der Waals surface area contributed by atoms with E-state index in [0.29, 0.717) is 13.2 Å². The maximum atomic E-state index is 10.9. The van der Waals surface area contributed by atoms with Crippen molar-refractivity contribution in [3.05, 3.63) is 20.8 Å². The van der Waals surface area contributed by atoms with E-state index in [4.69, 9.17) is 9.84 Å². The molecule has 2 atom stereocenters. The molecular formula is C11H14BrNO3S. The van der Waals surface area contributed by atoms with E-state index in [1.54, 1.807) is 11.3 Å². The number of halogens is 1. The van der Waals surface area contributed by atoms with E-state index >= 15 is 0 Å². The van der Waals surface area contributed by atoms with Crippen LogP contribution in [0.25, 0.3) is 0 Å². The predicted octanol–water partition coefficient (Wildman–Crippen LogP) is 2.36. The number of carboxylic acid groups (broad SMARTS) is 1. The fraction of sp³-hybridized carbons (Fsp3) is 0.545. The van der Waals surface area contributed by atoms with Crippen LogP contribution in [0.3, 0.4) is 0 Å². The molecule has 0 amide bonds. The van der Waals surface area contributed by atoms with E-state index in [2.05, 4.69) is 33.8 Å². The van der Waals surface area contributed by atoms with E-state index in [1.807, 2.05) is 6.07 Å². The van der Waals surface area contributed by atoms with Crippen LogP contribution in [0.2, 0.25) is 0 Å². The van der Waals surface area contributed by atoms with Gasteiger partial charge in [-0.25, -0.2) is 4.79 Å². The van der Waals surface area contributed by atoms with Crippen molar-refractivity contribution in [1.82, 2.24) is 4.90 Å². The van der Waals surface area contributed by atoms with E-state index in [1.165, 1.54) is 4.88 Å². The number of rotatable bonds is 3. The van der Waals surface area contributed by atoms with Crippen molar-refractivity contribution in [3.63, 3.8) is 0 Å². The zero-order chi connectivity index (χ0) is 12.4. The first-order valence-corrected chi connectivity index (χ1v) is 7.02. The van der Waals surface area contributed by atoms with E-state index in [9.17, 15) is 4.79 Å². The van der Waals surface area contributed by atoms with Crippen LogP contribution >= 0.6 is 27.3 Å². The molecule has 0 saturated carbocycles. The average Bonchev–Trinajstić information content (AvgIpc) is 2.75. The Morgan fingerprint density at radius 1 is 1.71 bits per heavy atom. The van der Waals surface area contributed by atoms with Gasteiger partial charge in [-0.05, 0) is 35.0 Å². The molecule has 0 spiro atoms. The minimum Gasteiger partial charge on any atom is -0.479 e. The molecule has 0 aliphatic carbocycles. The molecule has 1 saturated heterocycles. The monoisotopic (exact) mass is 319 g/mol. The highest BCUT2D eigenvalue weighted by atomic mass is 79.9. The van der Waals surface area contributed by atoms with Crippen molar-refractivity contribution in [1.29, 1.82) is 0 Å². The van der Waals surface area contributed by atoms with E-state index in [-0.39, 0.29) is 6.04 Å². The Kier molecular flexibility index (Phi) is 4.19. The molecule has 0 bridgehead atoms. The van der Waals surface area contributed by atoms with Crippen LogP contribution < -0.4 is 0 Å². The van der Waals surface area contributed by atoms with Gasteiger partial charge in [-0.1, -0.05) is 0 Å². The molecule has 1 fully saturated rings. The van der Waals surface area contributed by atoms with Crippen LogP contribution in [-0.2, 0) is 9.53 Å². The van der Waals surface area contributed by atoms with Gasteiger partial charge < -0.3 is 9.84 Å². The fourth-order valence-electron chi connectivity index (χ4n) is 1.90. The molecule has 1 aromatic rings. The van der Waals surface area contributed by atoms with Crippen LogP contribution in [0.5, 0.6) is 0 Å². The first-order chi connectivity index (χ1) is 8.08. The van der Waals surface area contributed by atoms with Crippen LogP contribution in [0, 0.1) is 0 Å². The summed E-state index contributed by atoms with van der Waals surface area (Å²) in [4.78, 5) is 14.3. The highest BCUT2D eigenvalue weighted by molar-refractivity contribution is 9.11. The van der Waals surface area contributed by atoms with Crippen LogP contribution in [0.15, 0.2) is 15.9 Å². The SMILES string of the molecule is CC(c1ccc(Br)s1)N1CCOC(C(=O)O)C1. The summed E-state index contributed by atoms with van der Waals surface area (Å²) in [6.07, 6.45) is -0.699. The lowest BCUT2D eigenvalue weighted by Crippen LogP contribution is -2.46. The van der Waals surface area contributed by atoms with E-state index < -0.39 is 12.1 Å². The summed E-state index contributed by atoms with van der Waals surface area (Å²) < 4.78 is 6.31. The maximum absolute atomic E-state index is 10.9. The average molecular weight is 320 g/mol. The van der Waals surface area contributed by atoms with Crippen LogP contribution in [0.1, 0.15) is 17.8 Å². The third kappa shape index (κ3) is 3.07. The van der Waals surface area contributed by atoms with Gasteiger partial charge in [0.1, 0.15) is 0 Å². The number of hydrogen-bond donors (Lipinski definition) is 1. The second-order valence-corrected chi connectivity index (χ2v) is 6.51. The van der Waals surface area contributed by atoms with Crippen LogP contribution in [-0.4, -0.2) is 41.8 Å². The van der Waals surface area contributed by atoms with Gasteiger partial charge >= 0.3 is 5.97 Å². The normalized spacial score (nSPS) is 23.5. The Morgan fingerprint density at radius 2 is 2.47 bits per heavy atom. The number of ether oxygens (including phenoxy) is 1. The smallest absolute Gasteiger partial charge is 0.334 e. The lowest BCUT2D eigenvalue weighted by atomic mass is 10.2. The second-order valence-electron chi connectivity index (χ2n) is 4.01. The largest absolute Gasteiger partial charge is 0.479 e. The maximum Gasteiger partial charge on any atom is 0.334 e. The number of aliphatic carboxylic acids is 1. The summed E-state index contributed by atoms with van der Waals surface area (Å²) >= 11 is 5.13. The molecule has 0 aromatic carbocycles. The Bertz CT molecular complexity index is 409. The van der Waals surface area contributed by atoms with Gasteiger partial charge in [0, 0.05) is 24.0 Å². The minimum absolute atomic E-state index is 0.233. The molecule has 2 heterocycles. The zero-order valence-corrected chi connectivity index (χ0v) is 11.8. The Hall–Kier alpha value is -0.430. The molecule has 2 unspecified atom stereocenters. The highest BCUT2D eigenvalue weighted by Gasteiger charge is 2.29. The zero-order valence-electron chi connectivity index (χ0n) is 9.43. The first-order valence-electron chi connectivity index (χ1n) is 5.41. The van der Waals surface area contributed by atoms with Gasteiger partial charge in [0.15, 0.2) is 6.10 Å². The summed E-state index contributed by atoms with van der Waals surface area (Å²) in [5.74, 6) is -0.880. The fourth-order valence-corrected chi connectivity index (χ4v) is 3.41. The van der Waals surface area contributed by atoms with Gasteiger partial charge in [0.2, 0.25) is 0 Å². The molecule has 1 aliphatic rings. The van der Waals surface area contributed by atoms with Crippen molar-refractivity contribution < 1.29 is 14.6 Å². The molecule has 1 aromatic heterocycles. The summed E-state index contributed by atoms with van der Waals surface area (Å²) in [7, 11) is 0. The van der Waals surface area contributed by atoms with Gasteiger partial charge in [-0.3, -0.25) is 4.90 Å². The third-order valence-corrected chi connectivity index (χ3v) is 4.72. The quantitative estimate of drug-likeness (QED) is 0.929. The lowest BCUT2D eigenvalue weighted by molar-refractivity contribution is -0.157. The van der Waals surface area contributed by atoms with Crippen molar-refractivity contribution in [2.75, 3.05) is 19.7 Å². The van der Waals surface area contributed by atoms with Crippen LogP contribution in [0.4, 0.5) is 0 Å². The number of morpholine rings is 1. The number of hydrogen-bond acceptors (Lipinski definition) is 4. The number of nitrogens with zero attached hydrogens (tertiary/aromatic N) is 1. The summed E-state index contributed by atoms with van der Waals surface area (Å²) in [6.45, 7) is 3.81. The van der Waals surface area contributed by atoms with Gasteiger partial charge in [0.25, 0.3) is 0 Å². The molecule has 17 heavy (non-hydrogen) atoms. The number of thiophene rings is 1. The van der Waals surface area contributed by atoms with Crippen molar-refractivity contribution in [3.8, 4) is 0 Å². The summed E-state index contributed by atoms with van der Waals surface area (Å²) in [6, 6.07) is 4.33. The predicted molar refractivity (Wildman–Crippen MR) is 69.4 cm³/mol. The number of carbonyl (C=O) groups is 1. The molecule has 2 rings (SSSR count). The summed E-state index contributed by atoms with van der Waals surface area (Å²) in [5, 5.41) is 8.96. The van der Waals surface area contributed by atoms with Crippen molar-refractivity contribution in [2.24, 2.45) is 0 Å². The lowest BCUT2D eigenvalue weighted by Gasteiger charge is -2.34. The standard InChI is InChI=1S/C11H14BrNO3S/c1-7(9-2-3-10(12)17-9)13-4-5-16-8(6-13)11(14)15/h2-3,7-8H,4-6H2,1H3,(H,14,15). The molecule has 1 aliphatic heterocycles. The van der Waals surface area contributed by atoms with Gasteiger partial charge in [0.05, 0.1) is 10.4 Å². The van der Waals surface area contributed by atoms with Gasteiger partial charge in [-0.2, -0.15) is 0 Å². The topological polar surface area (TPSA) is 49.8 Å². The molecule has 94 valence electrons. The van der Waals surface area contributed by atoms with Gasteiger partial charge in [-0.15, -0.1) is 11.3 Å². The second kappa shape index (κ2) is 5.48. The third-order valence-electron chi connectivity index (χ3n) is 2.93. The Labute approximate surface area is 112 Å².